The van der Waals surface area contributed by atoms with Crippen LogP contribution >= 0.6 is 11.3 Å². The van der Waals surface area contributed by atoms with Crippen LogP contribution in [-0.4, -0.2) is 36.6 Å². The summed E-state index contributed by atoms with van der Waals surface area (Å²) in [5.41, 5.74) is 0.426. The second-order valence-corrected chi connectivity index (χ2v) is 6.66. The average molecular weight is 250 g/mol. The fraction of sp³-hybridized carbons (Fsp3) is 0.714. The van der Waals surface area contributed by atoms with Crippen molar-refractivity contribution >= 4 is 11.3 Å². The van der Waals surface area contributed by atoms with Gasteiger partial charge in [-0.3, -0.25) is 4.90 Å². The van der Waals surface area contributed by atoms with Crippen LogP contribution in [0.25, 0.3) is 0 Å². The van der Waals surface area contributed by atoms with E-state index in [0.29, 0.717) is 5.54 Å². The van der Waals surface area contributed by atoms with Crippen molar-refractivity contribution in [1.82, 2.24) is 10.2 Å². The van der Waals surface area contributed by atoms with Crippen LogP contribution < -0.4 is 5.32 Å². The van der Waals surface area contributed by atoms with Gasteiger partial charge in [-0.15, -0.1) is 11.3 Å². The maximum absolute atomic E-state index is 3.58. The molecular weight excluding hydrogens is 228 g/mol. The van der Waals surface area contributed by atoms with E-state index in [0.717, 1.165) is 12.5 Å². The number of nitrogens with one attached hydrogen (secondary N) is 1. The van der Waals surface area contributed by atoms with Crippen LogP contribution in [0.2, 0.25) is 0 Å². The molecule has 17 heavy (non-hydrogen) atoms. The van der Waals surface area contributed by atoms with Crippen molar-refractivity contribution in [3.63, 3.8) is 0 Å². The van der Waals surface area contributed by atoms with Gasteiger partial charge in [-0.05, 0) is 43.6 Å². The molecular formula is C14H22N2S. The fourth-order valence-electron chi connectivity index (χ4n) is 3.10. The topological polar surface area (TPSA) is 15.3 Å². The Labute approximate surface area is 108 Å². The molecule has 0 spiro atoms. The lowest BCUT2D eigenvalue weighted by atomic mass is 9.91. The highest BCUT2D eigenvalue weighted by atomic mass is 32.1. The maximum atomic E-state index is 3.58. The van der Waals surface area contributed by atoms with E-state index in [2.05, 4.69) is 34.7 Å². The van der Waals surface area contributed by atoms with Gasteiger partial charge in [0.15, 0.2) is 0 Å². The first kappa shape index (κ1) is 11.7. The van der Waals surface area contributed by atoms with Gasteiger partial charge in [0.2, 0.25) is 0 Å². The Bertz CT molecular complexity index is 358. The van der Waals surface area contributed by atoms with Crippen LogP contribution in [0.4, 0.5) is 0 Å². The van der Waals surface area contributed by atoms with E-state index in [1.807, 2.05) is 11.3 Å². The Morgan fingerprint density at radius 1 is 1.53 bits per heavy atom. The quantitative estimate of drug-likeness (QED) is 0.882. The van der Waals surface area contributed by atoms with Gasteiger partial charge >= 0.3 is 0 Å². The van der Waals surface area contributed by atoms with Gasteiger partial charge in [-0.1, -0.05) is 6.07 Å². The summed E-state index contributed by atoms with van der Waals surface area (Å²) in [4.78, 5) is 4.27. The van der Waals surface area contributed by atoms with Crippen LogP contribution in [0.3, 0.4) is 0 Å². The number of thiophene rings is 1. The second kappa shape index (κ2) is 4.71. The predicted octanol–water partition coefficient (Wildman–Crippen LogP) is 2.36. The molecule has 1 saturated carbocycles. The molecule has 3 heteroatoms. The monoisotopic (exact) mass is 250 g/mol. The number of hydrogen-bond acceptors (Lipinski definition) is 3. The molecule has 1 unspecified atom stereocenters. The van der Waals surface area contributed by atoms with E-state index in [4.69, 9.17) is 0 Å². The van der Waals surface area contributed by atoms with Crippen LogP contribution in [-0.2, 0) is 6.42 Å². The first-order chi connectivity index (χ1) is 8.29. The van der Waals surface area contributed by atoms with Crippen molar-refractivity contribution in [3.05, 3.63) is 22.4 Å². The molecule has 2 fully saturated rings. The zero-order valence-electron chi connectivity index (χ0n) is 10.6. The molecule has 2 aliphatic rings. The molecule has 1 aromatic heterocycles. The van der Waals surface area contributed by atoms with Gasteiger partial charge < -0.3 is 5.32 Å². The number of nitrogens with zero attached hydrogens (tertiary/aromatic N) is 1. The molecule has 2 heterocycles. The molecule has 0 bridgehead atoms. The van der Waals surface area contributed by atoms with E-state index >= 15 is 0 Å². The Kier molecular flexibility index (Phi) is 3.24. The standard InChI is InChI=1S/C14H22N2S/c1-14(12-4-5-12)11-15-7-9-16(14)8-6-13-3-2-10-17-13/h2-3,10,12,15H,4-9,11H2,1H3. The Morgan fingerprint density at radius 3 is 3.12 bits per heavy atom. The second-order valence-electron chi connectivity index (χ2n) is 5.62. The van der Waals surface area contributed by atoms with E-state index in [1.165, 1.54) is 43.8 Å². The summed E-state index contributed by atoms with van der Waals surface area (Å²) < 4.78 is 0. The zero-order valence-corrected chi connectivity index (χ0v) is 11.4. The van der Waals surface area contributed by atoms with E-state index < -0.39 is 0 Å². The summed E-state index contributed by atoms with van der Waals surface area (Å²) in [6, 6.07) is 4.43. The number of rotatable bonds is 4. The first-order valence-corrected chi connectivity index (χ1v) is 7.65. The third-order valence-corrected chi connectivity index (χ3v) is 5.37. The van der Waals surface area contributed by atoms with Gasteiger partial charge in [0.25, 0.3) is 0 Å². The molecule has 1 atom stereocenters. The molecule has 3 rings (SSSR count). The van der Waals surface area contributed by atoms with E-state index in [9.17, 15) is 0 Å². The van der Waals surface area contributed by atoms with Gasteiger partial charge in [-0.25, -0.2) is 0 Å². The zero-order chi connectivity index (χ0) is 11.7. The van der Waals surface area contributed by atoms with Gasteiger partial charge in [0, 0.05) is 36.6 Å². The molecule has 0 aromatic carbocycles. The lowest BCUT2D eigenvalue weighted by Crippen LogP contribution is -2.61. The predicted molar refractivity (Wildman–Crippen MR) is 73.6 cm³/mol. The Morgan fingerprint density at radius 2 is 2.41 bits per heavy atom. The van der Waals surface area contributed by atoms with Crippen LogP contribution in [0, 0.1) is 5.92 Å². The SMILES string of the molecule is CC1(C2CC2)CNCCN1CCc1cccs1. The Balaban J connectivity index is 1.63. The molecule has 1 saturated heterocycles. The minimum Gasteiger partial charge on any atom is -0.314 e. The number of hydrogen-bond donors (Lipinski definition) is 1. The average Bonchev–Trinajstić information content (AvgIpc) is 3.08. The minimum atomic E-state index is 0.426. The van der Waals surface area contributed by atoms with Crippen molar-refractivity contribution in [2.75, 3.05) is 26.2 Å². The van der Waals surface area contributed by atoms with Crippen molar-refractivity contribution in [2.24, 2.45) is 5.92 Å². The molecule has 1 aliphatic carbocycles. The van der Waals surface area contributed by atoms with Gasteiger partial charge in [0.05, 0.1) is 0 Å². The summed E-state index contributed by atoms with van der Waals surface area (Å²) >= 11 is 1.89. The van der Waals surface area contributed by atoms with E-state index in [-0.39, 0.29) is 0 Å². The molecule has 0 radical (unpaired) electrons. The minimum absolute atomic E-state index is 0.426. The highest BCUT2D eigenvalue weighted by molar-refractivity contribution is 7.09. The van der Waals surface area contributed by atoms with Gasteiger partial charge in [0.1, 0.15) is 0 Å². The van der Waals surface area contributed by atoms with E-state index in [1.54, 1.807) is 0 Å². The molecule has 0 amide bonds. The van der Waals surface area contributed by atoms with Crippen LogP contribution in [0.15, 0.2) is 17.5 Å². The largest absolute Gasteiger partial charge is 0.314 e. The summed E-state index contributed by atoms with van der Waals surface area (Å²) in [5.74, 6) is 0.943. The van der Waals surface area contributed by atoms with Crippen molar-refractivity contribution in [2.45, 2.75) is 31.7 Å². The number of piperazine rings is 1. The highest BCUT2D eigenvalue weighted by Gasteiger charge is 2.46. The van der Waals surface area contributed by atoms with Gasteiger partial charge in [-0.2, -0.15) is 0 Å². The summed E-state index contributed by atoms with van der Waals surface area (Å²) in [6.45, 7) is 7.26. The summed E-state index contributed by atoms with van der Waals surface area (Å²) in [5, 5.41) is 5.77. The van der Waals surface area contributed by atoms with Crippen molar-refractivity contribution < 1.29 is 0 Å². The van der Waals surface area contributed by atoms with Crippen molar-refractivity contribution in [3.8, 4) is 0 Å². The molecule has 94 valence electrons. The Hall–Kier alpha value is -0.380. The smallest absolute Gasteiger partial charge is 0.0334 e. The third-order valence-electron chi connectivity index (χ3n) is 4.43. The molecule has 1 N–H and O–H groups in total. The third kappa shape index (κ3) is 2.42. The molecule has 1 aromatic rings. The van der Waals surface area contributed by atoms with Crippen LogP contribution in [0.1, 0.15) is 24.6 Å². The van der Waals surface area contributed by atoms with Crippen LogP contribution in [0.5, 0.6) is 0 Å². The van der Waals surface area contributed by atoms with Crippen molar-refractivity contribution in [1.29, 1.82) is 0 Å². The first-order valence-electron chi connectivity index (χ1n) is 6.77. The lowest BCUT2D eigenvalue weighted by molar-refractivity contribution is 0.0573. The fourth-order valence-corrected chi connectivity index (χ4v) is 3.80. The normalized spacial score (nSPS) is 30.6. The molecule has 2 nitrogen and oxygen atoms in total. The highest BCUT2D eigenvalue weighted by Crippen LogP contribution is 2.43. The lowest BCUT2D eigenvalue weighted by Gasteiger charge is -2.46. The maximum Gasteiger partial charge on any atom is 0.0334 e. The summed E-state index contributed by atoms with van der Waals surface area (Å²) in [7, 11) is 0. The summed E-state index contributed by atoms with van der Waals surface area (Å²) in [6.07, 6.45) is 4.10. The molecule has 1 aliphatic heterocycles.